The quantitative estimate of drug-likeness (QED) is 0.603. The molecule has 1 aliphatic rings. The molecule has 0 spiro atoms. The zero-order valence-electron chi connectivity index (χ0n) is 7.80. The van der Waals surface area contributed by atoms with Gasteiger partial charge in [-0.3, -0.25) is 4.79 Å². The maximum Gasteiger partial charge on any atom is 0.165 e. The molecule has 0 aromatic heterocycles. The second kappa shape index (κ2) is 3.40. The first-order valence-electron chi connectivity index (χ1n) is 4.36. The summed E-state index contributed by atoms with van der Waals surface area (Å²) in [6, 6.07) is 0. The highest BCUT2D eigenvalue weighted by Crippen LogP contribution is 2.30. The van der Waals surface area contributed by atoms with Crippen LogP contribution >= 0.6 is 0 Å². The molecule has 0 aromatic carbocycles. The van der Waals surface area contributed by atoms with Gasteiger partial charge in [-0.25, -0.2) is 0 Å². The zero-order chi connectivity index (χ0) is 9.19. The predicted octanol–water partition coefficient (Wildman–Crippen LogP) is 2.09. The lowest BCUT2D eigenvalue weighted by Crippen LogP contribution is -2.25. The van der Waals surface area contributed by atoms with E-state index in [1.165, 1.54) is 0 Å². The van der Waals surface area contributed by atoms with E-state index in [0.717, 1.165) is 12.8 Å². The van der Waals surface area contributed by atoms with Gasteiger partial charge in [0.25, 0.3) is 0 Å². The second-order valence-corrected chi connectivity index (χ2v) is 3.86. The van der Waals surface area contributed by atoms with E-state index in [9.17, 15) is 4.79 Å². The lowest BCUT2D eigenvalue weighted by Gasteiger charge is -2.18. The molecule has 1 saturated heterocycles. The van der Waals surface area contributed by atoms with Gasteiger partial charge in [-0.1, -0.05) is 6.08 Å². The van der Waals surface area contributed by atoms with Crippen molar-refractivity contribution in [1.82, 2.24) is 0 Å². The SMILES string of the molecule is C=CCC(=O)C1CCC(C)(C)O1. The van der Waals surface area contributed by atoms with Crippen LogP contribution in [0.5, 0.6) is 0 Å². The van der Waals surface area contributed by atoms with Crippen molar-refractivity contribution in [1.29, 1.82) is 0 Å². The maximum atomic E-state index is 11.3. The Balaban J connectivity index is 2.46. The number of hydrogen-bond acceptors (Lipinski definition) is 2. The first-order chi connectivity index (χ1) is 5.55. The van der Waals surface area contributed by atoms with Gasteiger partial charge in [0.1, 0.15) is 6.10 Å². The van der Waals surface area contributed by atoms with Crippen molar-refractivity contribution in [2.45, 2.75) is 44.8 Å². The Bertz CT molecular complexity index is 194. The van der Waals surface area contributed by atoms with Gasteiger partial charge in [-0.15, -0.1) is 6.58 Å². The molecule has 0 aliphatic carbocycles. The van der Waals surface area contributed by atoms with Crippen LogP contribution in [0.1, 0.15) is 33.1 Å². The molecule has 1 aliphatic heterocycles. The molecule has 2 heteroatoms. The molecule has 2 nitrogen and oxygen atoms in total. The fraction of sp³-hybridized carbons (Fsp3) is 0.700. The van der Waals surface area contributed by atoms with Crippen LogP contribution in [0.2, 0.25) is 0 Å². The van der Waals surface area contributed by atoms with Gasteiger partial charge in [-0.05, 0) is 26.7 Å². The molecule has 0 bridgehead atoms. The molecular weight excluding hydrogens is 152 g/mol. The lowest BCUT2D eigenvalue weighted by molar-refractivity contribution is -0.132. The standard InChI is InChI=1S/C10H16O2/c1-4-5-8(11)9-6-7-10(2,3)12-9/h4,9H,1,5-7H2,2-3H3. The smallest absolute Gasteiger partial charge is 0.165 e. The first kappa shape index (κ1) is 9.46. The monoisotopic (exact) mass is 168 g/mol. The number of hydrogen-bond donors (Lipinski definition) is 0. The van der Waals surface area contributed by atoms with Gasteiger partial charge in [0.05, 0.1) is 5.60 Å². The minimum Gasteiger partial charge on any atom is -0.365 e. The molecule has 0 aromatic rings. The molecule has 1 rings (SSSR count). The number of ether oxygens (including phenoxy) is 1. The van der Waals surface area contributed by atoms with Crippen molar-refractivity contribution in [3.05, 3.63) is 12.7 Å². The van der Waals surface area contributed by atoms with Crippen molar-refractivity contribution in [3.63, 3.8) is 0 Å². The van der Waals surface area contributed by atoms with E-state index in [1.54, 1.807) is 6.08 Å². The van der Waals surface area contributed by atoms with Crippen molar-refractivity contribution >= 4 is 5.78 Å². The van der Waals surface area contributed by atoms with Gasteiger partial charge in [0.2, 0.25) is 0 Å². The normalized spacial score (nSPS) is 27.0. The molecule has 0 amide bonds. The minimum absolute atomic E-state index is 0.110. The maximum absolute atomic E-state index is 11.3. The fourth-order valence-corrected chi connectivity index (χ4v) is 1.48. The molecule has 1 fully saturated rings. The van der Waals surface area contributed by atoms with Gasteiger partial charge in [-0.2, -0.15) is 0 Å². The van der Waals surface area contributed by atoms with Gasteiger partial charge in [0.15, 0.2) is 5.78 Å². The summed E-state index contributed by atoms with van der Waals surface area (Å²) in [4.78, 5) is 11.3. The third kappa shape index (κ3) is 2.18. The average molecular weight is 168 g/mol. The van der Waals surface area contributed by atoms with Crippen LogP contribution in [0.15, 0.2) is 12.7 Å². The van der Waals surface area contributed by atoms with Gasteiger partial charge >= 0.3 is 0 Å². The van der Waals surface area contributed by atoms with E-state index >= 15 is 0 Å². The van der Waals surface area contributed by atoms with Crippen LogP contribution in [-0.2, 0) is 9.53 Å². The third-order valence-corrected chi connectivity index (χ3v) is 2.17. The largest absolute Gasteiger partial charge is 0.365 e. The molecular formula is C10H16O2. The lowest BCUT2D eigenvalue weighted by atomic mass is 10.0. The number of allylic oxidation sites excluding steroid dienone is 1. The van der Waals surface area contributed by atoms with Crippen molar-refractivity contribution < 1.29 is 9.53 Å². The van der Waals surface area contributed by atoms with Crippen molar-refractivity contribution in [2.75, 3.05) is 0 Å². The van der Waals surface area contributed by atoms with Gasteiger partial charge < -0.3 is 4.74 Å². The van der Waals surface area contributed by atoms with E-state index in [0.29, 0.717) is 6.42 Å². The van der Waals surface area contributed by atoms with E-state index in [-0.39, 0.29) is 17.5 Å². The van der Waals surface area contributed by atoms with Crippen molar-refractivity contribution in [2.24, 2.45) is 0 Å². The molecule has 1 heterocycles. The van der Waals surface area contributed by atoms with E-state index in [2.05, 4.69) is 6.58 Å². The Kier molecular flexibility index (Phi) is 2.68. The molecule has 1 atom stereocenters. The minimum atomic E-state index is -0.182. The Morgan fingerprint density at radius 2 is 2.42 bits per heavy atom. The van der Waals surface area contributed by atoms with Crippen LogP contribution in [-0.4, -0.2) is 17.5 Å². The highest BCUT2D eigenvalue weighted by atomic mass is 16.5. The molecule has 12 heavy (non-hydrogen) atoms. The van der Waals surface area contributed by atoms with E-state index < -0.39 is 0 Å². The summed E-state index contributed by atoms with van der Waals surface area (Å²) in [6.07, 6.45) is 3.72. The molecule has 0 saturated carbocycles. The summed E-state index contributed by atoms with van der Waals surface area (Å²) in [5, 5.41) is 0. The molecule has 68 valence electrons. The van der Waals surface area contributed by atoms with Crippen LogP contribution in [0, 0.1) is 0 Å². The number of carbonyl (C=O) groups is 1. The highest BCUT2D eigenvalue weighted by Gasteiger charge is 2.34. The Morgan fingerprint density at radius 1 is 1.75 bits per heavy atom. The molecule has 0 N–H and O–H groups in total. The summed E-state index contributed by atoms with van der Waals surface area (Å²) < 4.78 is 5.57. The number of ketones is 1. The highest BCUT2D eigenvalue weighted by molar-refractivity contribution is 5.84. The second-order valence-electron chi connectivity index (χ2n) is 3.86. The van der Waals surface area contributed by atoms with E-state index in [4.69, 9.17) is 4.74 Å². The van der Waals surface area contributed by atoms with E-state index in [1.807, 2.05) is 13.8 Å². The summed E-state index contributed by atoms with van der Waals surface area (Å²) >= 11 is 0. The summed E-state index contributed by atoms with van der Waals surface area (Å²) in [5.74, 6) is 0.163. The Hall–Kier alpha value is -0.630. The number of rotatable bonds is 3. The predicted molar refractivity (Wildman–Crippen MR) is 48.0 cm³/mol. The third-order valence-electron chi connectivity index (χ3n) is 2.17. The summed E-state index contributed by atoms with van der Waals surface area (Å²) in [7, 11) is 0. The molecule has 0 radical (unpaired) electrons. The summed E-state index contributed by atoms with van der Waals surface area (Å²) in [6.45, 7) is 7.58. The van der Waals surface area contributed by atoms with Gasteiger partial charge in [0, 0.05) is 6.42 Å². The Morgan fingerprint density at radius 3 is 2.83 bits per heavy atom. The number of Topliss-reactive ketones (excluding diaryl/α,β-unsaturated/α-hetero) is 1. The van der Waals surface area contributed by atoms with Crippen LogP contribution in [0.25, 0.3) is 0 Å². The van der Waals surface area contributed by atoms with Crippen molar-refractivity contribution in [3.8, 4) is 0 Å². The topological polar surface area (TPSA) is 26.3 Å². The van der Waals surface area contributed by atoms with Crippen LogP contribution in [0.4, 0.5) is 0 Å². The number of carbonyl (C=O) groups excluding carboxylic acids is 1. The molecule has 1 unspecified atom stereocenters. The van der Waals surface area contributed by atoms with Crippen LogP contribution in [0.3, 0.4) is 0 Å². The zero-order valence-corrected chi connectivity index (χ0v) is 7.80. The average Bonchev–Trinajstić information content (AvgIpc) is 2.31. The fourth-order valence-electron chi connectivity index (χ4n) is 1.48. The summed E-state index contributed by atoms with van der Waals surface area (Å²) in [5.41, 5.74) is -0.110. The Labute approximate surface area is 73.6 Å². The van der Waals surface area contributed by atoms with Crippen LogP contribution < -0.4 is 0 Å². The first-order valence-corrected chi connectivity index (χ1v) is 4.36.